The van der Waals surface area contributed by atoms with Crippen LogP contribution in [0.4, 0.5) is 0 Å². The lowest BCUT2D eigenvalue weighted by Crippen LogP contribution is -2.59. The number of esters is 2. The van der Waals surface area contributed by atoms with Gasteiger partial charge in [0, 0.05) is 0 Å². The molecule has 7 heteroatoms. The summed E-state index contributed by atoms with van der Waals surface area (Å²) >= 11 is 0. The summed E-state index contributed by atoms with van der Waals surface area (Å²) in [7, 11) is 1.25. The van der Waals surface area contributed by atoms with Crippen LogP contribution in [0.5, 0.6) is 0 Å². The van der Waals surface area contributed by atoms with Crippen LogP contribution in [0.3, 0.4) is 0 Å². The van der Waals surface area contributed by atoms with Crippen LogP contribution < -0.4 is 0 Å². The molecule has 7 nitrogen and oxygen atoms in total. The molecule has 2 aromatic rings. The van der Waals surface area contributed by atoms with Crippen molar-refractivity contribution in [3.05, 3.63) is 54.1 Å². The average Bonchev–Trinajstić information content (AvgIpc) is 3.07. The van der Waals surface area contributed by atoms with Crippen molar-refractivity contribution in [3.8, 4) is 0 Å². The number of carbonyl (C=O) groups is 2. The van der Waals surface area contributed by atoms with Gasteiger partial charge in [0.05, 0.1) is 25.7 Å². The Balaban J connectivity index is 1.82. The molecule has 2 heterocycles. The van der Waals surface area contributed by atoms with Gasteiger partial charge >= 0.3 is 11.9 Å². The maximum Gasteiger partial charge on any atom is 0.357 e. The van der Waals surface area contributed by atoms with E-state index in [1.807, 2.05) is 37.3 Å². The fourth-order valence-electron chi connectivity index (χ4n) is 2.59. The van der Waals surface area contributed by atoms with Crippen molar-refractivity contribution in [1.29, 1.82) is 0 Å². The van der Waals surface area contributed by atoms with Crippen LogP contribution in [0, 0.1) is 0 Å². The van der Waals surface area contributed by atoms with Crippen LogP contribution in [-0.2, 0) is 19.0 Å². The summed E-state index contributed by atoms with van der Waals surface area (Å²) in [6.45, 7) is 1.94. The van der Waals surface area contributed by atoms with Crippen LogP contribution in [0.2, 0.25) is 0 Å². The molecule has 0 amide bonds. The number of carbonyl (C=O) groups excluding carboxylic acids is 2. The molecule has 0 spiro atoms. The Morgan fingerprint density at radius 3 is 2.58 bits per heavy atom. The Hall–Kier alpha value is -2.67. The van der Waals surface area contributed by atoms with Crippen LogP contribution in [-0.4, -0.2) is 47.4 Å². The van der Waals surface area contributed by atoms with E-state index in [1.54, 1.807) is 10.9 Å². The van der Waals surface area contributed by atoms with E-state index >= 15 is 0 Å². The van der Waals surface area contributed by atoms with E-state index < -0.39 is 17.5 Å². The third-order valence-corrected chi connectivity index (χ3v) is 4.09. The van der Waals surface area contributed by atoms with Crippen LogP contribution in [0.25, 0.3) is 0 Å². The third kappa shape index (κ3) is 2.78. The van der Waals surface area contributed by atoms with E-state index in [2.05, 4.69) is 4.98 Å². The quantitative estimate of drug-likeness (QED) is 0.775. The molecule has 0 aliphatic carbocycles. The maximum absolute atomic E-state index is 12.5. The zero-order valence-electron chi connectivity index (χ0n) is 13.5. The molecule has 0 unspecified atom stereocenters. The molecule has 1 fully saturated rings. The molecule has 0 saturated carbocycles. The number of ether oxygens (including phenoxy) is 3. The predicted octanol–water partition coefficient (Wildman–Crippen LogP) is 1.59. The number of aromatic nitrogens is 2. The largest absolute Gasteiger partial charge is 0.466 e. The molecule has 1 aliphatic heterocycles. The first-order chi connectivity index (χ1) is 11.6. The lowest BCUT2D eigenvalue weighted by Gasteiger charge is -2.37. The molecule has 0 bridgehead atoms. The van der Waals surface area contributed by atoms with Crippen LogP contribution >= 0.6 is 0 Å². The van der Waals surface area contributed by atoms with E-state index in [1.165, 1.54) is 13.3 Å². The van der Waals surface area contributed by atoms with Crippen LogP contribution in [0.1, 0.15) is 29.0 Å². The van der Waals surface area contributed by atoms with E-state index in [0.717, 1.165) is 5.56 Å². The van der Waals surface area contributed by atoms with Gasteiger partial charge in [0.1, 0.15) is 18.9 Å². The molecule has 1 saturated heterocycles. The molecule has 3 rings (SSSR count). The summed E-state index contributed by atoms with van der Waals surface area (Å²) in [6, 6.07) is 9.61. The van der Waals surface area contributed by atoms with Gasteiger partial charge in [0.25, 0.3) is 5.60 Å². The smallest absolute Gasteiger partial charge is 0.357 e. The molecule has 0 radical (unpaired) electrons. The van der Waals surface area contributed by atoms with Gasteiger partial charge in [-0.15, -0.1) is 0 Å². The van der Waals surface area contributed by atoms with Gasteiger partial charge in [-0.3, -0.25) is 0 Å². The fourth-order valence-corrected chi connectivity index (χ4v) is 2.59. The molecular formula is C17H18N2O5. The van der Waals surface area contributed by atoms with Gasteiger partial charge in [-0.05, 0) is 12.5 Å². The Kier molecular flexibility index (Phi) is 4.35. The van der Waals surface area contributed by atoms with Gasteiger partial charge < -0.3 is 18.8 Å². The zero-order valence-corrected chi connectivity index (χ0v) is 13.5. The van der Waals surface area contributed by atoms with E-state index in [9.17, 15) is 9.59 Å². The molecule has 1 aromatic heterocycles. The summed E-state index contributed by atoms with van der Waals surface area (Å²) in [5, 5.41) is 0. The molecule has 1 aromatic carbocycles. The van der Waals surface area contributed by atoms with E-state index in [-0.39, 0.29) is 24.9 Å². The molecule has 1 atom stereocenters. The third-order valence-electron chi connectivity index (χ3n) is 4.09. The highest BCUT2D eigenvalue weighted by Crippen LogP contribution is 2.26. The van der Waals surface area contributed by atoms with Crippen LogP contribution in [0.15, 0.2) is 42.9 Å². The minimum absolute atomic E-state index is 0.00616. The number of rotatable bonds is 5. The molecule has 126 valence electrons. The summed E-state index contributed by atoms with van der Waals surface area (Å²) < 4.78 is 16.8. The number of imidazole rings is 1. The minimum atomic E-state index is -1.36. The van der Waals surface area contributed by atoms with Gasteiger partial charge in [0.15, 0.2) is 0 Å². The number of methoxy groups -OCH3 is 1. The van der Waals surface area contributed by atoms with Gasteiger partial charge in [-0.1, -0.05) is 30.3 Å². The van der Waals surface area contributed by atoms with E-state index in [0.29, 0.717) is 0 Å². The second-order valence-electron chi connectivity index (χ2n) is 5.64. The second-order valence-corrected chi connectivity index (χ2v) is 5.64. The Bertz CT molecular complexity index is 736. The highest BCUT2D eigenvalue weighted by atomic mass is 16.7. The first-order valence-corrected chi connectivity index (χ1v) is 7.54. The topological polar surface area (TPSA) is 79.7 Å². The second kappa shape index (κ2) is 6.45. The van der Waals surface area contributed by atoms with Crippen molar-refractivity contribution in [1.82, 2.24) is 9.55 Å². The Morgan fingerprint density at radius 1 is 1.29 bits per heavy atom. The zero-order chi connectivity index (χ0) is 17.2. The average molecular weight is 330 g/mol. The van der Waals surface area contributed by atoms with Crippen molar-refractivity contribution < 1.29 is 23.8 Å². The summed E-state index contributed by atoms with van der Waals surface area (Å²) in [5.41, 5.74) is -0.0718. The first kappa shape index (κ1) is 16.2. The molecule has 0 N–H and O–H groups in total. The monoisotopic (exact) mass is 330 g/mol. The normalized spacial score (nSPS) is 16.8. The number of hydrogen-bond acceptors (Lipinski definition) is 6. The minimum Gasteiger partial charge on any atom is -0.466 e. The van der Waals surface area contributed by atoms with Gasteiger partial charge in [-0.25, -0.2) is 14.6 Å². The summed E-state index contributed by atoms with van der Waals surface area (Å²) in [4.78, 5) is 28.4. The lowest BCUT2D eigenvalue weighted by atomic mass is 10.0. The fraction of sp³-hybridized carbons (Fsp3) is 0.353. The van der Waals surface area contributed by atoms with Crippen molar-refractivity contribution in [2.45, 2.75) is 18.6 Å². The molecular weight excluding hydrogens is 312 g/mol. The summed E-state index contributed by atoms with van der Waals surface area (Å²) in [5.74, 6) is -1.26. The summed E-state index contributed by atoms with van der Waals surface area (Å²) in [6.07, 6.45) is 2.99. The molecule has 24 heavy (non-hydrogen) atoms. The van der Waals surface area contributed by atoms with Crippen molar-refractivity contribution in [2.75, 3.05) is 20.3 Å². The maximum atomic E-state index is 12.5. The number of hydrogen-bond donors (Lipinski definition) is 0. The van der Waals surface area contributed by atoms with Crippen molar-refractivity contribution in [2.24, 2.45) is 0 Å². The first-order valence-electron chi connectivity index (χ1n) is 7.54. The highest BCUT2D eigenvalue weighted by Gasteiger charge is 2.51. The standard InChI is InChI=1S/C17H18N2O5/c1-12(13-6-4-3-5-7-13)19-11-18-8-14(19)15(20)24-17(9-23-10-17)16(21)22-2/h3-8,11-12H,9-10H2,1-2H3/t12-/m1/s1. The number of nitrogens with zero attached hydrogens (tertiary/aromatic N) is 2. The molecule has 1 aliphatic rings. The predicted molar refractivity (Wildman–Crippen MR) is 83.5 cm³/mol. The number of benzene rings is 1. The van der Waals surface area contributed by atoms with Crippen molar-refractivity contribution >= 4 is 11.9 Å². The van der Waals surface area contributed by atoms with Gasteiger partial charge in [-0.2, -0.15) is 0 Å². The Morgan fingerprint density at radius 2 is 2.00 bits per heavy atom. The van der Waals surface area contributed by atoms with Crippen molar-refractivity contribution in [3.63, 3.8) is 0 Å². The van der Waals surface area contributed by atoms with Gasteiger partial charge in [0.2, 0.25) is 0 Å². The SMILES string of the molecule is COC(=O)C1(OC(=O)c2cncn2[C@H](C)c2ccccc2)COC1. The van der Waals surface area contributed by atoms with E-state index in [4.69, 9.17) is 14.2 Å². The highest BCUT2D eigenvalue weighted by molar-refractivity contribution is 5.91. The Labute approximate surface area is 139 Å². The lowest BCUT2D eigenvalue weighted by molar-refractivity contribution is -0.209.